The standard InChI is InChI=1S/C15H20BrN/c16-14-8-4-7-13-12(14)9-10-15(13)17-11-5-2-1-3-6-11/h4,7-8,11,15,17H,1-3,5-6,9-10H2. The van der Waals surface area contributed by atoms with Crippen molar-refractivity contribution in [1.29, 1.82) is 0 Å². The maximum Gasteiger partial charge on any atom is 0.0328 e. The van der Waals surface area contributed by atoms with Crippen molar-refractivity contribution < 1.29 is 0 Å². The van der Waals surface area contributed by atoms with Gasteiger partial charge >= 0.3 is 0 Å². The first kappa shape index (κ1) is 11.7. The Balaban J connectivity index is 1.72. The van der Waals surface area contributed by atoms with Crippen LogP contribution in [0, 0.1) is 0 Å². The van der Waals surface area contributed by atoms with Crippen molar-refractivity contribution >= 4 is 15.9 Å². The molecule has 2 aliphatic carbocycles. The summed E-state index contributed by atoms with van der Waals surface area (Å²) in [5.41, 5.74) is 3.06. The first-order valence-corrected chi connectivity index (χ1v) is 7.67. The molecule has 0 aliphatic heterocycles. The van der Waals surface area contributed by atoms with E-state index in [9.17, 15) is 0 Å². The van der Waals surface area contributed by atoms with Crippen molar-refractivity contribution in [3.8, 4) is 0 Å². The van der Waals surface area contributed by atoms with E-state index >= 15 is 0 Å². The molecular weight excluding hydrogens is 274 g/mol. The van der Waals surface area contributed by atoms with Crippen molar-refractivity contribution in [2.24, 2.45) is 0 Å². The van der Waals surface area contributed by atoms with Crippen LogP contribution in [-0.4, -0.2) is 6.04 Å². The second-order valence-corrected chi connectivity index (χ2v) is 6.25. The minimum Gasteiger partial charge on any atom is -0.307 e. The second kappa shape index (κ2) is 5.11. The van der Waals surface area contributed by atoms with Crippen molar-refractivity contribution in [3.63, 3.8) is 0 Å². The van der Waals surface area contributed by atoms with Crippen molar-refractivity contribution in [3.05, 3.63) is 33.8 Å². The molecular formula is C15H20BrN. The van der Waals surface area contributed by atoms with E-state index in [0.717, 1.165) is 6.04 Å². The van der Waals surface area contributed by atoms with Crippen LogP contribution < -0.4 is 5.32 Å². The SMILES string of the molecule is Brc1cccc2c1CCC2NC1CCCCC1. The summed E-state index contributed by atoms with van der Waals surface area (Å²) in [6, 6.07) is 8.00. The number of hydrogen-bond donors (Lipinski definition) is 1. The Hall–Kier alpha value is -0.340. The van der Waals surface area contributed by atoms with E-state index in [0.29, 0.717) is 6.04 Å². The maximum atomic E-state index is 3.88. The van der Waals surface area contributed by atoms with Gasteiger partial charge in [0.2, 0.25) is 0 Å². The molecule has 0 saturated heterocycles. The number of hydrogen-bond acceptors (Lipinski definition) is 1. The van der Waals surface area contributed by atoms with Gasteiger partial charge in [0.05, 0.1) is 0 Å². The van der Waals surface area contributed by atoms with Gasteiger partial charge in [0.1, 0.15) is 0 Å². The van der Waals surface area contributed by atoms with Crippen molar-refractivity contribution in [2.75, 3.05) is 0 Å². The zero-order valence-electron chi connectivity index (χ0n) is 10.2. The van der Waals surface area contributed by atoms with Crippen LogP contribution in [0.3, 0.4) is 0 Å². The summed E-state index contributed by atoms with van der Waals surface area (Å²) in [5.74, 6) is 0. The Bertz CT molecular complexity index is 396. The number of halogens is 1. The average Bonchev–Trinajstić information content (AvgIpc) is 2.76. The largest absolute Gasteiger partial charge is 0.307 e. The molecule has 1 saturated carbocycles. The molecule has 0 heterocycles. The fourth-order valence-corrected chi connectivity index (χ4v) is 3.92. The van der Waals surface area contributed by atoms with Crippen molar-refractivity contribution in [1.82, 2.24) is 5.32 Å². The normalized spacial score (nSPS) is 24.9. The molecule has 2 aliphatic rings. The first-order valence-electron chi connectivity index (χ1n) is 6.88. The third-order valence-corrected chi connectivity index (χ3v) is 5.00. The molecule has 17 heavy (non-hydrogen) atoms. The van der Waals surface area contributed by atoms with Crippen LogP contribution in [0.2, 0.25) is 0 Å². The van der Waals surface area contributed by atoms with Gasteiger partial charge in [-0.3, -0.25) is 0 Å². The highest BCUT2D eigenvalue weighted by atomic mass is 79.9. The van der Waals surface area contributed by atoms with Gasteiger partial charge in [-0.25, -0.2) is 0 Å². The number of nitrogens with one attached hydrogen (secondary N) is 1. The average molecular weight is 294 g/mol. The summed E-state index contributed by atoms with van der Waals surface area (Å²) in [6.07, 6.45) is 9.51. The molecule has 0 radical (unpaired) electrons. The summed E-state index contributed by atoms with van der Waals surface area (Å²) in [5, 5.41) is 3.88. The van der Waals surface area contributed by atoms with Gasteiger partial charge in [-0.15, -0.1) is 0 Å². The number of fused-ring (bicyclic) bond motifs is 1. The summed E-state index contributed by atoms with van der Waals surface area (Å²) < 4.78 is 1.29. The highest BCUT2D eigenvalue weighted by molar-refractivity contribution is 9.10. The zero-order valence-corrected chi connectivity index (χ0v) is 11.8. The molecule has 1 atom stereocenters. The summed E-state index contributed by atoms with van der Waals surface area (Å²) in [6.45, 7) is 0. The summed E-state index contributed by atoms with van der Waals surface area (Å²) >= 11 is 3.67. The Morgan fingerprint density at radius 3 is 2.71 bits per heavy atom. The van der Waals surface area contributed by atoms with E-state index in [2.05, 4.69) is 39.4 Å². The third-order valence-electron chi connectivity index (χ3n) is 4.26. The molecule has 1 fully saturated rings. The zero-order chi connectivity index (χ0) is 11.7. The molecule has 0 amide bonds. The Kier molecular flexibility index (Phi) is 3.53. The third kappa shape index (κ3) is 2.43. The summed E-state index contributed by atoms with van der Waals surface area (Å²) in [4.78, 5) is 0. The van der Waals surface area contributed by atoms with Gasteiger partial charge < -0.3 is 5.32 Å². The van der Waals surface area contributed by atoms with Crippen LogP contribution in [0.4, 0.5) is 0 Å². The van der Waals surface area contributed by atoms with Crippen LogP contribution >= 0.6 is 15.9 Å². The number of benzene rings is 1. The molecule has 2 heteroatoms. The summed E-state index contributed by atoms with van der Waals surface area (Å²) in [7, 11) is 0. The van der Waals surface area contributed by atoms with Gasteiger partial charge in [0.15, 0.2) is 0 Å². The van der Waals surface area contributed by atoms with Gasteiger partial charge in [0, 0.05) is 16.6 Å². The van der Waals surface area contributed by atoms with Gasteiger partial charge in [-0.2, -0.15) is 0 Å². The Morgan fingerprint density at radius 2 is 1.88 bits per heavy atom. The van der Waals surface area contributed by atoms with Crippen LogP contribution in [-0.2, 0) is 6.42 Å². The van der Waals surface area contributed by atoms with Crippen molar-refractivity contribution in [2.45, 2.75) is 57.0 Å². The quantitative estimate of drug-likeness (QED) is 0.854. The lowest BCUT2D eigenvalue weighted by Crippen LogP contribution is -2.33. The number of rotatable bonds is 2. The van der Waals surface area contributed by atoms with Crippen LogP contribution in [0.1, 0.15) is 55.7 Å². The van der Waals surface area contributed by atoms with E-state index < -0.39 is 0 Å². The minimum atomic E-state index is 0.602. The van der Waals surface area contributed by atoms with E-state index in [1.165, 1.54) is 60.5 Å². The molecule has 1 aromatic rings. The van der Waals surface area contributed by atoms with Crippen LogP contribution in [0.15, 0.2) is 22.7 Å². The maximum absolute atomic E-state index is 3.88. The fraction of sp³-hybridized carbons (Fsp3) is 0.600. The van der Waals surface area contributed by atoms with Crippen LogP contribution in [0.25, 0.3) is 0 Å². The highest BCUT2D eigenvalue weighted by Crippen LogP contribution is 2.36. The highest BCUT2D eigenvalue weighted by Gasteiger charge is 2.26. The van der Waals surface area contributed by atoms with Gasteiger partial charge in [-0.1, -0.05) is 47.3 Å². The first-order chi connectivity index (χ1) is 8.34. The lowest BCUT2D eigenvalue weighted by molar-refractivity contribution is 0.337. The predicted molar refractivity (Wildman–Crippen MR) is 75.2 cm³/mol. The van der Waals surface area contributed by atoms with Gasteiger partial charge in [0.25, 0.3) is 0 Å². The monoisotopic (exact) mass is 293 g/mol. The lowest BCUT2D eigenvalue weighted by Gasteiger charge is -2.27. The molecule has 1 nitrogen and oxygen atoms in total. The molecule has 3 rings (SSSR count). The Labute approximate surface area is 112 Å². The molecule has 1 unspecified atom stereocenters. The van der Waals surface area contributed by atoms with E-state index in [4.69, 9.17) is 0 Å². The molecule has 0 aromatic heterocycles. The predicted octanol–water partition coefficient (Wildman–Crippen LogP) is 4.36. The smallest absolute Gasteiger partial charge is 0.0328 e. The van der Waals surface area contributed by atoms with Gasteiger partial charge in [-0.05, 0) is 42.9 Å². The molecule has 92 valence electrons. The molecule has 0 bridgehead atoms. The Morgan fingerprint density at radius 1 is 1.06 bits per heavy atom. The minimum absolute atomic E-state index is 0.602. The second-order valence-electron chi connectivity index (χ2n) is 5.40. The van der Waals surface area contributed by atoms with E-state index in [1.807, 2.05) is 0 Å². The lowest BCUT2D eigenvalue weighted by atomic mass is 9.94. The molecule has 1 N–H and O–H groups in total. The molecule has 0 spiro atoms. The fourth-order valence-electron chi connectivity index (χ4n) is 3.34. The topological polar surface area (TPSA) is 12.0 Å². The van der Waals surface area contributed by atoms with E-state index in [1.54, 1.807) is 0 Å². The molecule has 1 aromatic carbocycles. The van der Waals surface area contributed by atoms with Crippen LogP contribution in [0.5, 0.6) is 0 Å². The van der Waals surface area contributed by atoms with E-state index in [-0.39, 0.29) is 0 Å².